The second kappa shape index (κ2) is 5.15. The van der Waals surface area contributed by atoms with Gasteiger partial charge in [-0.3, -0.25) is 0 Å². The Balaban J connectivity index is 2.18. The zero-order chi connectivity index (χ0) is 12.3. The van der Waals surface area contributed by atoms with Gasteiger partial charge in [-0.1, -0.05) is 6.92 Å². The summed E-state index contributed by atoms with van der Waals surface area (Å²) in [6.45, 7) is 6.83. The van der Waals surface area contributed by atoms with E-state index in [2.05, 4.69) is 22.8 Å². The summed E-state index contributed by atoms with van der Waals surface area (Å²) >= 11 is 0. The van der Waals surface area contributed by atoms with Crippen molar-refractivity contribution in [3.05, 3.63) is 29.6 Å². The van der Waals surface area contributed by atoms with Crippen molar-refractivity contribution < 1.29 is 4.39 Å². The molecule has 0 N–H and O–H groups in total. The van der Waals surface area contributed by atoms with Crippen LogP contribution in [-0.2, 0) is 0 Å². The Morgan fingerprint density at radius 3 is 2.59 bits per heavy atom. The summed E-state index contributed by atoms with van der Waals surface area (Å²) in [4.78, 5) is 4.44. The van der Waals surface area contributed by atoms with E-state index in [1.165, 1.54) is 12.1 Å². The lowest BCUT2D eigenvalue weighted by Gasteiger charge is -2.35. The van der Waals surface area contributed by atoms with E-state index in [4.69, 9.17) is 5.26 Å². The Morgan fingerprint density at radius 2 is 2.00 bits per heavy atom. The van der Waals surface area contributed by atoms with Gasteiger partial charge < -0.3 is 9.80 Å². The van der Waals surface area contributed by atoms with Crippen molar-refractivity contribution in [2.75, 3.05) is 37.6 Å². The zero-order valence-corrected chi connectivity index (χ0v) is 9.99. The molecular formula is C13H16FN3. The van der Waals surface area contributed by atoms with Crippen LogP contribution in [0.4, 0.5) is 10.1 Å². The van der Waals surface area contributed by atoms with Crippen molar-refractivity contribution in [1.82, 2.24) is 4.90 Å². The minimum absolute atomic E-state index is 0.281. The summed E-state index contributed by atoms with van der Waals surface area (Å²) in [5.41, 5.74) is 1.28. The van der Waals surface area contributed by atoms with E-state index < -0.39 is 0 Å². The topological polar surface area (TPSA) is 30.3 Å². The molecule has 0 amide bonds. The molecule has 1 fully saturated rings. The van der Waals surface area contributed by atoms with Crippen LogP contribution in [0.2, 0.25) is 0 Å². The van der Waals surface area contributed by atoms with Gasteiger partial charge in [-0.2, -0.15) is 5.26 Å². The highest BCUT2D eigenvalue weighted by atomic mass is 19.1. The van der Waals surface area contributed by atoms with Crippen molar-refractivity contribution in [2.45, 2.75) is 6.92 Å². The van der Waals surface area contributed by atoms with E-state index in [1.54, 1.807) is 6.07 Å². The number of likely N-dealkylation sites (N-methyl/N-ethyl adjacent to an activating group) is 1. The number of anilines is 1. The monoisotopic (exact) mass is 233 g/mol. The second-order valence-corrected chi connectivity index (χ2v) is 4.19. The molecule has 1 saturated heterocycles. The molecule has 1 heterocycles. The summed E-state index contributed by atoms with van der Waals surface area (Å²) in [6.07, 6.45) is 0. The van der Waals surface area contributed by atoms with Gasteiger partial charge >= 0.3 is 0 Å². The highest BCUT2D eigenvalue weighted by molar-refractivity contribution is 5.59. The van der Waals surface area contributed by atoms with Crippen LogP contribution >= 0.6 is 0 Å². The Bertz CT molecular complexity index is 431. The largest absolute Gasteiger partial charge is 0.368 e. The Morgan fingerprint density at radius 1 is 1.29 bits per heavy atom. The molecule has 1 aromatic rings. The first kappa shape index (κ1) is 11.9. The van der Waals surface area contributed by atoms with Gasteiger partial charge in [0.1, 0.15) is 11.9 Å². The normalized spacial score (nSPS) is 16.9. The Hall–Kier alpha value is -1.60. The van der Waals surface area contributed by atoms with Crippen LogP contribution in [0, 0.1) is 17.1 Å². The van der Waals surface area contributed by atoms with Crippen molar-refractivity contribution in [1.29, 1.82) is 5.26 Å². The molecule has 0 radical (unpaired) electrons. The van der Waals surface area contributed by atoms with Crippen LogP contribution in [0.5, 0.6) is 0 Å². The number of rotatable bonds is 2. The Kier molecular flexibility index (Phi) is 3.60. The van der Waals surface area contributed by atoms with Crippen molar-refractivity contribution >= 4 is 5.69 Å². The summed E-state index contributed by atoms with van der Waals surface area (Å²) in [5, 5.41) is 9.03. The fourth-order valence-electron chi connectivity index (χ4n) is 2.17. The summed E-state index contributed by atoms with van der Waals surface area (Å²) < 4.78 is 13.2. The van der Waals surface area contributed by atoms with E-state index in [1.807, 2.05) is 0 Å². The molecule has 0 spiro atoms. The predicted octanol–water partition coefficient (Wildman–Crippen LogP) is 1.84. The highest BCUT2D eigenvalue weighted by Crippen LogP contribution is 2.22. The number of piperazine rings is 1. The van der Waals surface area contributed by atoms with Crippen LogP contribution in [0.1, 0.15) is 12.5 Å². The maximum Gasteiger partial charge on any atom is 0.125 e. The molecular weight excluding hydrogens is 217 g/mol. The van der Waals surface area contributed by atoms with Crippen LogP contribution < -0.4 is 4.90 Å². The summed E-state index contributed by atoms with van der Waals surface area (Å²) in [6, 6.07) is 6.47. The lowest BCUT2D eigenvalue weighted by atomic mass is 10.1. The third-order valence-electron chi connectivity index (χ3n) is 3.24. The van der Waals surface area contributed by atoms with Gasteiger partial charge in [0, 0.05) is 26.2 Å². The minimum Gasteiger partial charge on any atom is -0.368 e. The quantitative estimate of drug-likeness (QED) is 0.780. The van der Waals surface area contributed by atoms with Crippen LogP contribution in [0.3, 0.4) is 0 Å². The highest BCUT2D eigenvalue weighted by Gasteiger charge is 2.18. The van der Waals surface area contributed by atoms with Gasteiger partial charge in [0.25, 0.3) is 0 Å². The van der Waals surface area contributed by atoms with Crippen molar-refractivity contribution in [3.8, 4) is 6.07 Å². The second-order valence-electron chi connectivity index (χ2n) is 4.19. The molecule has 0 aromatic heterocycles. The third-order valence-corrected chi connectivity index (χ3v) is 3.24. The molecule has 1 aliphatic heterocycles. The molecule has 0 aliphatic carbocycles. The van der Waals surface area contributed by atoms with Gasteiger partial charge in [-0.15, -0.1) is 0 Å². The predicted molar refractivity (Wildman–Crippen MR) is 65.4 cm³/mol. The average Bonchev–Trinajstić information content (AvgIpc) is 2.39. The van der Waals surface area contributed by atoms with Gasteiger partial charge in [0.05, 0.1) is 11.3 Å². The molecule has 3 nitrogen and oxygen atoms in total. The smallest absolute Gasteiger partial charge is 0.125 e. The van der Waals surface area contributed by atoms with E-state index in [9.17, 15) is 4.39 Å². The molecule has 4 heteroatoms. The summed E-state index contributed by atoms with van der Waals surface area (Å²) in [5.74, 6) is -0.281. The van der Waals surface area contributed by atoms with Crippen LogP contribution in [0.15, 0.2) is 18.2 Å². The fraction of sp³-hybridized carbons (Fsp3) is 0.462. The van der Waals surface area contributed by atoms with E-state index in [0.29, 0.717) is 5.56 Å². The average molecular weight is 233 g/mol. The molecule has 0 unspecified atom stereocenters. The number of benzene rings is 1. The van der Waals surface area contributed by atoms with Gasteiger partial charge in [0.2, 0.25) is 0 Å². The number of nitriles is 1. The maximum atomic E-state index is 13.2. The van der Waals surface area contributed by atoms with Crippen molar-refractivity contribution in [3.63, 3.8) is 0 Å². The third kappa shape index (κ3) is 2.56. The van der Waals surface area contributed by atoms with Gasteiger partial charge in [-0.05, 0) is 24.7 Å². The number of halogens is 1. The number of hydrogen-bond donors (Lipinski definition) is 0. The molecule has 90 valence electrons. The number of hydrogen-bond acceptors (Lipinski definition) is 3. The molecule has 1 aliphatic rings. The van der Waals surface area contributed by atoms with E-state index in [-0.39, 0.29) is 5.82 Å². The zero-order valence-electron chi connectivity index (χ0n) is 9.99. The minimum atomic E-state index is -0.281. The first-order valence-corrected chi connectivity index (χ1v) is 5.91. The van der Waals surface area contributed by atoms with Gasteiger partial charge in [-0.25, -0.2) is 4.39 Å². The summed E-state index contributed by atoms with van der Waals surface area (Å²) in [7, 11) is 0. The number of nitrogens with zero attached hydrogens (tertiary/aromatic N) is 3. The van der Waals surface area contributed by atoms with Crippen molar-refractivity contribution in [2.24, 2.45) is 0 Å². The lowest BCUT2D eigenvalue weighted by Crippen LogP contribution is -2.46. The van der Waals surface area contributed by atoms with E-state index in [0.717, 1.165) is 38.4 Å². The van der Waals surface area contributed by atoms with Crippen LogP contribution in [-0.4, -0.2) is 37.6 Å². The first-order valence-electron chi connectivity index (χ1n) is 5.91. The molecule has 2 rings (SSSR count). The molecule has 0 bridgehead atoms. The van der Waals surface area contributed by atoms with E-state index >= 15 is 0 Å². The first-order chi connectivity index (χ1) is 8.24. The Labute approximate surface area is 101 Å². The lowest BCUT2D eigenvalue weighted by molar-refractivity contribution is 0.271. The fourth-order valence-corrected chi connectivity index (χ4v) is 2.17. The SMILES string of the molecule is CCN1CCN(c2cc(F)ccc2C#N)CC1. The molecule has 0 atom stereocenters. The maximum absolute atomic E-state index is 13.2. The standard InChI is InChI=1S/C13H16FN3/c1-2-16-5-7-17(8-6-16)13-9-12(14)4-3-11(13)10-15/h3-4,9H,2,5-8H2,1H3. The molecule has 0 saturated carbocycles. The molecule has 1 aromatic carbocycles. The molecule has 17 heavy (non-hydrogen) atoms. The van der Waals surface area contributed by atoms with Gasteiger partial charge in [0.15, 0.2) is 0 Å². The van der Waals surface area contributed by atoms with Crippen LogP contribution in [0.25, 0.3) is 0 Å².